The van der Waals surface area contributed by atoms with Crippen LogP contribution in [0, 0.1) is 0 Å². The molecule has 5 heteroatoms. The number of carbonyl (C=O) groups is 2. The third-order valence-corrected chi connectivity index (χ3v) is 4.87. The van der Waals surface area contributed by atoms with Crippen LogP contribution in [0.2, 0.25) is 0 Å². The highest BCUT2D eigenvalue weighted by atomic mass is 16.6. The minimum absolute atomic E-state index is 0.184. The number of benzene rings is 3. The van der Waals surface area contributed by atoms with Gasteiger partial charge in [-0.2, -0.15) is 0 Å². The van der Waals surface area contributed by atoms with Gasteiger partial charge < -0.3 is 15.2 Å². The van der Waals surface area contributed by atoms with Gasteiger partial charge in [0.15, 0.2) is 6.10 Å². The van der Waals surface area contributed by atoms with Crippen LogP contribution in [0.15, 0.2) is 78.9 Å². The molecule has 0 bridgehead atoms. The molecule has 0 saturated carbocycles. The molecule has 1 atom stereocenters. The Hall–Kier alpha value is -3.60. The largest absolute Gasteiger partial charge is 0.480 e. The van der Waals surface area contributed by atoms with E-state index in [1.165, 1.54) is 0 Å². The lowest BCUT2D eigenvalue weighted by Gasteiger charge is -2.19. The van der Waals surface area contributed by atoms with Crippen molar-refractivity contribution in [2.75, 3.05) is 0 Å². The number of rotatable bonds is 5. The smallest absolute Gasteiger partial charge is 0.408 e. The fourth-order valence-electron chi connectivity index (χ4n) is 3.57. The van der Waals surface area contributed by atoms with E-state index in [-0.39, 0.29) is 6.42 Å². The van der Waals surface area contributed by atoms with Gasteiger partial charge in [-0.05, 0) is 16.7 Å². The van der Waals surface area contributed by atoms with Crippen molar-refractivity contribution in [2.24, 2.45) is 0 Å². The quantitative estimate of drug-likeness (QED) is 0.704. The van der Waals surface area contributed by atoms with Crippen molar-refractivity contribution in [3.63, 3.8) is 0 Å². The first kappa shape index (κ1) is 17.8. The molecule has 3 aromatic rings. The number of carbonyl (C=O) groups excluding carboxylic acids is 1. The van der Waals surface area contributed by atoms with Gasteiger partial charge in [-0.15, -0.1) is 0 Å². The first-order chi connectivity index (χ1) is 13.6. The van der Waals surface area contributed by atoms with E-state index in [1.807, 2.05) is 78.9 Å². The fraction of sp³-hybridized carbons (Fsp3) is 0.130. The first-order valence-corrected chi connectivity index (χ1v) is 9.05. The Morgan fingerprint density at radius 1 is 0.857 bits per heavy atom. The second kappa shape index (κ2) is 7.56. The number of carboxylic acid groups (broad SMARTS) is 1. The maximum atomic E-state index is 12.5. The molecule has 0 aromatic heterocycles. The Bertz CT molecular complexity index is 970. The molecule has 0 spiro atoms. The van der Waals surface area contributed by atoms with E-state index < -0.39 is 24.2 Å². The van der Waals surface area contributed by atoms with E-state index in [1.54, 1.807) is 0 Å². The number of fused-ring (bicyclic) bond motifs is 3. The highest BCUT2D eigenvalue weighted by molar-refractivity contribution is 5.82. The van der Waals surface area contributed by atoms with Crippen LogP contribution >= 0.6 is 0 Å². The van der Waals surface area contributed by atoms with Crippen molar-refractivity contribution in [3.8, 4) is 11.1 Å². The van der Waals surface area contributed by atoms with E-state index >= 15 is 0 Å². The number of nitrogens with one attached hydrogen (secondary N) is 1. The van der Waals surface area contributed by atoms with Crippen molar-refractivity contribution < 1.29 is 19.4 Å². The van der Waals surface area contributed by atoms with Crippen molar-refractivity contribution >= 4 is 12.1 Å². The summed E-state index contributed by atoms with van der Waals surface area (Å²) < 4.78 is 5.67. The van der Waals surface area contributed by atoms with E-state index in [9.17, 15) is 14.7 Å². The van der Waals surface area contributed by atoms with Gasteiger partial charge >= 0.3 is 12.1 Å². The van der Waals surface area contributed by atoms with Crippen LogP contribution in [-0.4, -0.2) is 23.2 Å². The Balaban J connectivity index is 1.52. The molecule has 3 aromatic carbocycles. The molecule has 5 nitrogen and oxygen atoms in total. The summed E-state index contributed by atoms with van der Waals surface area (Å²) in [6.45, 7) is 0. The molecule has 0 aliphatic heterocycles. The van der Waals surface area contributed by atoms with Crippen LogP contribution < -0.4 is 5.32 Å². The Morgan fingerprint density at radius 3 is 1.96 bits per heavy atom. The summed E-state index contributed by atoms with van der Waals surface area (Å²) in [4.78, 5) is 24.1. The SMILES string of the molecule is O=C(N[C@@H](Cc1ccccc1)C(=O)O)OC1c2ccccc2-c2ccccc21. The molecule has 1 amide bonds. The average Bonchev–Trinajstić information content (AvgIpc) is 3.02. The standard InChI is InChI=1S/C23H19NO4/c25-22(26)20(14-15-8-2-1-3-9-15)24-23(27)28-21-18-12-6-4-10-16(18)17-11-5-7-13-19(17)21/h1-13,20-21H,14H2,(H,24,27)(H,25,26)/t20-/m0/s1. The first-order valence-electron chi connectivity index (χ1n) is 9.05. The van der Waals surface area contributed by atoms with Crippen LogP contribution in [0.25, 0.3) is 11.1 Å². The van der Waals surface area contributed by atoms with Crippen molar-refractivity contribution in [1.82, 2.24) is 5.32 Å². The van der Waals surface area contributed by atoms with Gasteiger partial charge in [0.25, 0.3) is 0 Å². The number of ether oxygens (including phenoxy) is 1. The lowest BCUT2D eigenvalue weighted by atomic mass is 10.1. The van der Waals surface area contributed by atoms with E-state index in [0.717, 1.165) is 27.8 Å². The normalized spacial score (nSPS) is 13.3. The number of aliphatic carboxylic acids is 1. The lowest BCUT2D eigenvalue weighted by Crippen LogP contribution is -2.42. The molecule has 28 heavy (non-hydrogen) atoms. The Labute approximate surface area is 162 Å². The molecular weight excluding hydrogens is 354 g/mol. The second-order valence-corrected chi connectivity index (χ2v) is 6.68. The Morgan fingerprint density at radius 2 is 1.39 bits per heavy atom. The van der Waals surface area contributed by atoms with Crippen LogP contribution in [0.4, 0.5) is 4.79 Å². The van der Waals surface area contributed by atoms with Crippen LogP contribution in [0.3, 0.4) is 0 Å². The molecule has 0 fully saturated rings. The van der Waals surface area contributed by atoms with Crippen molar-refractivity contribution in [1.29, 1.82) is 0 Å². The summed E-state index contributed by atoms with van der Waals surface area (Å²) in [6, 6.07) is 23.6. The molecule has 1 aliphatic rings. The minimum atomic E-state index is -1.10. The topological polar surface area (TPSA) is 75.6 Å². The summed E-state index contributed by atoms with van der Waals surface area (Å²) >= 11 is 0. The summed E-state index contributed by atoms with van der Waals surface area (Å²) in [7, 11) is 0. The average molecular weight is 373 g/mol. The predicted octanol–water partition coefficient (Wildman–Crippen LogP) is 4.18. The highest BCUT2D eigenvalue weighted by Gasteiger charge is 2.32. The molecule has 1 aliphatic carbocycles. The number of amides is 1. The molecule has 0 saturated heterocycles. The highest BCUT2D eigenvalue weighted by Crippen LogP contribution is 2.44. The number of hydrogen-bond donors (Lipinski definition) is 2. The number of alkyl carbamates (subject to hydrolysis) is 1. The minimum Gasteiger partial charge on any atom is -0.480 e. The van der Waals surface area contributed by atoms with E-state index in [0.29, 0.717) is 0 Å². The molecule has 140 valence electrons. The molecule has 4 rings (SSSR count). The second-order valence-electron chi connectivity index (χ2n) is 6.68. The van der Waals surface area contributed by atoms with Gasteiger partial charge in [-0.25, -0.2) is 9.59 Å². The summed E-state index contributed by atoms with van der Waals surface area (Å²) in [5.41, 5.74) is 4.67. The predicted molar refractivity (Wildman–Crippen MR) is 105 cm³/mol. The molecular formula is C23H19NO4. The monoisotopic (exact) mass is 373 g/mol. The lowest BCUT2D eigenvalue weighted by molar-refractivity contribution is -0.139. The van der Waals surface area contributed by atoms with Crippen LogP contribution in [-0.2, 0) is 16.0 Å². The maximum Gasteiger partial charge on any atom is 0.408 e. The summed E-state index contributed by atoms with van der Waals surface area (Å²) in [5.74, 6) is -1.10. The van der Waals surface area contributed by atoms with Crippen molar-refractivity contribution in [3.05, 3.63) is 95.6 Å². The van der Waals surface area contributed by atoms with Gasteiger partial charge in [0.05, 0.1) is 0 Å². The summed E-state index contributed by atoms with van der Waals surface area (Å²) in [6.07, 6.45) is -1.12. The number of hydrogen-bond acceptors (Lipinski definition) is 3. The molecule has 0 heterocycles. The van der Waals surface area contributed by atoms with Crippen molar-refractivity contribution in [2.45, 2.75) is 18.6 Å². The van der Waals surface area contributed by atoms with Crippen LogP contribution in [0.5, 0.6) is 0 Å². The van der Waals surface area contributed by atoms with Gasteiger partial charge in [-0.1, -0.05) is 78.9 Å². The maximum absolute atomic E-state index is 12.5. The zero-order valence-electron chi connectivity index (χ0n) is 15.0. The molecule has 0 unspecified atom stereocenters. The third-order valence-electron chi connectivity index (χ3n) is 4.87. The van der Waals surface area contributed by atoms with Gasteiger partial charge in [0.2, 0.25) is 0 Å². The zero-order chi connectivity index (χ0) is 19.5. The fourth-order valence-corrected chi connectivity index (χ4v) is 3.57. The van der Waals surface area contributed by atoms with Gasteiger partial charge in [0, 0.05) is 17.5 Å². The molecule has 0 radical (unpaired) electrons. The van der Waals surface area contributed by atoms with Gasteiger partial charge in [0.1, 0.15) is 6.04 Å². The third kappa shape index (κ3) is 3.47. The van der Waals surface area contributed by atoms with Gasteiger partial charge in [-0.3, -0.25) is 0 Å². The van der Waals surface area contributed by atoms with Crippen LogP contribution in [0.1, 0.15) is 22.8 Å². The zero-order valence-corrected chi connectivity index (χ0v) is 15.0. The van der Waals surface area contributed by atoms with E-state index in [4.69, 9.17) is 4.74 Å². The Kier molecular flexibility index (Phi) is 4.81. The molecule has 2 N–H and O–H groups in total. The summed E-state index contributed by atoms with van der Waals surface area (Å²) in [5, 5.41) is 12.0. The number of carboxylic acids is 1. The van der Waals surface area contributed by atoms with E-state index in [2.05, 4.69) is 5.32 Å².